The van der Waals surface area contributed by atoms with Crippen molar-refractivity contribution in [1.82, 2.24) is 15.2 Å². The predicted molar refractivity (Wildman–Crippen MR) is 139 cm³/mol. The summed E-state index contributed by atoms with van der Waals surface area (Å²) in [5.41, 5.74) is -0.461. The molecule has 8 nitrogen and oxygen atoms in total. The molecule has 1 aromatic carbocycles. The van der Waals surface area contributed by atoms with Gasteiger partial charge >= 0.3 is 0 Å². The summed E-state index contributed by atoms with van der Waals surface area (Å²) in [6.45, 7) is 1.51. The number of halogens is 2. The van der Waals surface area contributed by atoms with Gasteiger partial charge in [-0.2, -0.15) is 0 Å². The van der Waals surface area contributed by atoms with Gasteiger partial charge in [-0.05, 0) is 51.3 Å². The van der Waals surface area contributed by atoms with Gasteiger partial charge < -0.3 is 15.0 Å². The Kier molecular flexibility index (Phi) is 10.8. The fourth-order valence-corrected chi connectivity index (χ4v) is 4.76. The molecule has 11 heteroatoms. The van der Waals surface area contributed by atoms with Crippen molar-refractivity contribution in [3.63, 3.8) is 0 Å². The first-order chi connectivity index (χ1) is 17.0. The lowest BCUT2D eigenvalue weighted by atomic mass is 9.99. The minimum absolute atomic E-state index is 0.0712. The van der Waals surface area contributed by atoms with Gasteiger partial charge in [0, 0.05) is 25.7 Å². The highest BCUT2D eigenvalue weighted by atomic mass is 32.2. The third-order valence-electron chi connectivity index (χ3n) is 6.31. The largest absolute Gasteiger partial charge is 0.503 e. The second-order valence-electron chi connectivity index (χ2n) is 8.68. The first kappa shape index (κ1) is 29.2. The molecular formula is C25H33F2N5O3S. The summed E-state index contributed by atoms with van der Waals surface area (Å²) in [6, 6.07) is 3.04. The standard InChI is InChI=1S/C15H13F2N3O2S.C10H20N2O/c1-7-13(21)14(22)10(6-20-7)15(19)23-12(18)4-8-2-3-9(16)5-11(8)17;1-11-10(12(2)9-13)7-5-3-4-6-8-10/h2-3,5-6,18-19,21H,4H2,1H3,(H,20,22);9,11H,3-8H2,1-2H3. The molecule has 5 N–H and O–H groups in total. The van der Waals surface area contributed by atoms with Gasteiger partial charge in [0.05, 0.1) is 22.0 Å². The molecule has 1 aliphatic rings. The normalized spacial score (nSPS) is 14.7. The Balaban J connectivity index is 0.000000297. The summed E-state index contributed by atoms with van der Waals surface area (Å²) in [5, 5.41) is 28.2. The lowest BCUT2D eigenvalue weighted by molar-refractivity contribution is -0.123. The van der Waals surface area contributed by atoms with Crippen molar-refractivity contribution in [3.8, 4) is 5.75 Å². The number of aryl methyl sites for hydroxylation is 1. The van der Waals surface area contributed by atoms with Crippen LogP contribution in [0.2, 0.25) is 0 Å². The van der Waals surface area contributed by atoms with Gasteiger partial charge in [0.1, 0.15) is 16.7 Å². The van der Waals surface area contributed by atoms with Crippen LogP contribution >= 0.6 is 11.8 Å². The zero-order valence-electron chi connectivity index (χ0n) is 20.7. The average Bonchev–Trinajstić information content (AvgIpc) is 3.11. The van der Waals surface area contributed by atoms with Crippen molar-refractivity contribution in [3.05, 3.63) is 63.1 Å². The third-order valence-corrected chi connectivity index (χ3v) is 7.13. The number of carbonyl (C=O) groups excluding carboxylic acids is 1. The minimum Gasteiger partial charge on any atom is -0.503 e. The zero-order valence-corrected chi connectivity index (χ0v) is 21.5. The molecule has 1 saturated carbocycles. The molecule has 36 heavy (non-hydrogen) atoms. The maximum atomic E-state index is 13.5. The highest BCUT2D eigenvalue weighted by Crippen LogP contribution is 2.28. The van der Waals surface area contributed by atoms with E-state index >= 15 is 0 Å². The molecule has 1 aromatic heterocycles. The lowest BCUT2D eigenvalue weighted by Gasteiger charge is -2.39. The summed E-state index contributed by atoms with van der Waals surface area (Å²) in [5.74, 6) is -1.96. The summed E-state index contributed by atoms with van der Waals surface area (Å²) in [6.07, 6.45) is 9.29. The van der Waals surface area contributed by atoms with Crippen LogP contribution in [0.25, 0.3) is 0 Å². The van der Waals surface area contributed by atoms with E-state index in [9.17, 15) is 23.5 Å². The number of amides is 1. The molecule has 0 atom stereocenters. The van der Waals surface area contributed by atoms with Gasteiger partial charge in [-0.3, -0.25) is 25.7 Å². The summed E-state index contributed by atoms with van der Waals surface area (Å²) >= 11 is 0.664. The molecule has 0 unspecified atom stereocenters. The van der Waals surface area contributed by atoms with Crippen molar-refractivity contribution in [1.29, 1.82) is 10.8 Å². The van der Waals surface area contributed by atoms with E-state index < -0.39 is 22.8 Å². The number of H-pyrrole nitrogens is 1. The van der Waals surface area contributed by atoms with Crippen LogP contribution in [0.4, 0.5) is 8.78 Å². The van der Waals surface area contributed by atoms with Gasteiger partial charge in [-0.15, -0.1) is 0 Å². The van der Waals surface area contributed by atoms with Gasteiger partial charge in [0.25, 0.3) is 0 Å². The van der Waals surface area contributed by atoms with E-state index in [1.165, 1.54) is 44.9 Å². The fourth-order valence-electron chi connectivity index (χ4n) is 4.03. The maximum Gasteiger partial charge on any atom is 0.233 e. The Morgan fingerprint density at radius 1 is 1.25 bits per heavy atom. The number of benzene rings is 1. The summed E-state index contributed by atoms with van der Waals surface area (Å²) in [7, 11) is 3.82. The van der Waals surface area contributed by atoms with E-state index in [-0.39, 0.29) is 39.0 Å². The van der Waals surface area contributed by atoms with E-state index in [4.69, 9.17) is 10.8 Å². The fraction of sp³-hybridized carbons (Fsp3) is 0.440. The topological polar surface area (TPSA) is 133 Å². The second-order valence-corrected chi connectivity index (χ2v) is 9.79. The second kappa shape index (κ2) is 13.3. The number of aromatic hydroxyl groups is 1. The highest BCUT2D eigenvalue weighted by molar-refractivity contribution is 8.26. The van der Waals surface area contributed by atoms with Crippen LogP contribution in [0.3, 0.4) is 0 Å². The van der Waals surface area contributed by atoms with Crippen molar-refractivity contribution < 1.29 is 18.7 Å². The molecule has 1 fully saturated rings. The van der Waals surface area contributed by atoms with Crippen LogP contribution in [0.5, 0.6) is 5.75 Å². The van der Waals surface area contributed by atoms with E-state index in [0.29, 0.717) is 11.8 Å². The van der Waals surface area contributed by atoms with E-state index in [2.05, 4.69) is 10.3 Å². The van der Waals surface area contributed by atoms with Gasteiger partial charge in [-0.1, -0.05) is 30.7 Å². The molecule has 1 aliphatic carbocycles. The van der Waals surface area contributed by atoms with E-state index in [1.807, 2.05) is 14.1 Å². The van der Waals surface area contributed by atoms with Crippen LogP contribution < -0.4 is 10.7 Å². The molecule has 0 radical (unpaired) electrons. The molecule has 0 aliphatic heterocycles. The summed E-state index contributed by atoms with van der Waals surface area (Å²) < 4.78 is 26.4. The number of pyridine rings is 1. The number of rotatable bonds is 6. The van der Waals surface area contributed by atoms with Crippen molar-refractivity contribution in [2.75, 3.05) is 14.1 Å². The lowest BCUT2D eigenvalue weighted by Crippen LogP contribution is -2.55. The smallest absolute Gasteiger partial charge is 0.233 e. The third kappa shape index (κ3) is 7.47. The van der Waals surface area contributed by atoms with Crippen LogP contribution in [-0.2, 0) is 11.2 Å². The molecule has 0 saturated heterocycles. The maximum absolute atomic E-state index is 13.5. The molecule has 0 bridgehead atoms. The van der Waals surface area contributed by atoms with E-state index in [0.717, 1.165) is 31.4 Å². The Hall–Kier alpha value is -3.05. The number of aromatic nitrogens is 1. The minimum atomic E-state index is -0.771. The number of nitrogens with one attached hydrogen (secondary N) is 4. The number of hydrogen-bond acceptors (Lipinski definition) is 7. The molecule has 1 heterocycles. The number of aromatic amines is 1. The first-order valence-corrected chi connectivity index (χ1v) is 12.4. The number of carbonyl (C=O) groups is 1. The Labute approximate surface area is 213 Å². The average molecular weight is 522 g/mol. The molecule has 2 aromatic rings. The van der Waals surface area contributed by atoms with Gasteiger partial charge in [-0.25, -0.2) is 8.78 Å². The van der Waals surface area contributed by atoms with Gasteiger partial charge in [0.2, 0.25) is 11.8 Å². The first-order valence-electron chi connectivity index (χ1n) is 11.6. The van der Waals surface area contributed by atoms with Crippen LogP contribution in [-0.4, -0.2) is 51.2 Å². The molecule has 0 spiro atoms. The monoisotopic (exact) mass is 521 g/mol. The Morgan fingerprint density at radius 2 is 1.89 bits per heavy atom. The van der Waals surface area contributed by atoms with Crippen molar-refractivity contribution >= 4 is 28.3 Å². The Morgan fingerprint density at radius 3 is 2.44 bits per heavy atom. The molecule has 3 rings (SSSR count). The zero-order chi connectivity index (χ0) is 26.9. The van der Waals surface area contributed by atoms with Crippen LogP contribution in [0.1, 0.15) is 55.3 Å². The molecule has 1 amide bonds. The van der Waals surface area contributed by atoms with Crippen LogP contribution in [0, 0.1) is 29.4 Å². The number of thioether (sulfide) groups is 1. The number of nitrogens with zero attached hydrogens (tertiary/aromatic N) is 1. The Bertz CT molecular complexity index is 1150. The SMILES string of the molecule is CNC1(N(C)C=O)CCCCCC1.Cc1[nH]cc(C(=N)SC(=N)Cc2ccc(F)cc2F)c(=O)c1O. The van der Waals surface area contributed by atoms with Crippen LogP contribution in [0.15, 0.2) is 29.2 Å². The van der Waals surface area contributed by atoms with Gasteiger partial charge in [0.15, 0.2) is 5.75 Å². The quantitative estimate of drug-likeness (QED) is 0.127. The molecule has 196 valence electrons. The number of hydrogen-bond donors (Lipinski definition) is 5. The highest BCUT2D eigenvalue weighted by Gasteiger charge is 2.32. The van der Waals surface area contributed by atoms with Crippen molar-refractivity contribution in [2.45, 2.75) is 57.5 Å². The van der Waals surface area contributed by atoms with Crippen molar-refractivity contribution in [2.24, 2.45) is 0 Å². The summed E-state index contributed by atoms with van der Waals surface area (Å²) in [4.78, 5) is 27.1. The predicted octanol–water partition coefficient (Wildman–Crippen LogP) is 4.29. The molecular weight excluding hydrogens is 488 g/mol. The van der Waals surface area contributed by atoms with E-state index in [1.54, 1.807) is 4.90 Å².